The van der Waals surface area contributed by atoms with Crippen molar-refractivity contribution in [3.8, 4) is 28.8 Å². The Morgan fingerprint density at radius 1 is 1.00 bits per heavy atom. The molecule has 9 heteroatoms. The van der Waals surface area contributed by atoms with Crippen LogP contribution in [0.5, 0.6) is 11.8 Å². The van der Waals surface area contributed by atoms with Crippen LogP contribution in [-0.2, 0) is 11.2 Å². The van der Waals surface area contributed by atoms with Crippen molar-refractivity contribution >= 4 is 5.69 Å². The Kier molecular flexibility index (Phi) is 9.88. The van der Waals surface area contributed by atoms with Crippen molar-refractivity contribution in [2.75, 3.05) is 38.8 Å². The summed E-state index contributed by atoms with van der Waals surface area (Å²) in [6, 6.07) is 21.8. The van der Waals surface area contributed by atoms with Gasteiger partial charge in [-0.1, -0.05) is 44.2 Å². The predicted octanol–water partition coefficient (Wildman–Crippen LogP) is 5.15. The number of nitrogens with zero attached hydrogens (tertiary/aromatic N) is 3. The van der Waals surface area contributed by atoms with Gasteiger partial charge in [0.25, 0.3) is 0 Å². The van der Waals surface area contributed by atoms with E-state index in [-0.39, 0.29) is 12.6 Å². The van der Waals surface area contributed by atoms with E-state index in [0.29, 0.717) is 49.2 Å². The largest absolute Gasteiger partial charge is 0.497 e. The van der Waals surface area contributed by atoms with Gasteiger partial charge < -0.3 is 24.6 Å². The molecular weight excluding hydrogens is 499 g/mol. The topological polar surface area (TPSA) is 90.7 Å². The maximum atomic E-state index is 14.8. The van der Waals surface area contributed by atoms with E-state index in [1.165, 1.54) is 6.07 Å². The first-order valence-corrected chi connectivity index (χ1v) is 13.0. The molecule has 1 atom stereocenters. The molecule has 4 aromatic rings. The summed E-state index contributed by atoms with van der Waals surface area (Å²) in [5.41, 5.74) is 2.83. The van der Waals surface area contributed by atoms with Gasteiger partial charge in [0.05, 0.1) is 37.7 Å². The zero-order valence-electron chi connectivity index (χ0n) is 22.5. The average molecular weight is 535 g/mol. The molecule has 8 nitrogen and oxygen atoms in total. The monoisotopic (exact) mass is 534 g/mol. The summed E-state index contributed by atoms with van der Waals surface area (Å²) in [4.78, 5) is 4.52. The zero-order valence-corrected chi connectivity index (χ0v) is 22.5. The third kappa shape index (κ3) is 8.02. The number of nitrogens with one attached hydrogen (secondary N) is 1. The molecule has 0 aliphatic rings. The maximum Gasteiger partial charge on any atom is 0.336 e. The minimum absolute atomic E-state index is 0.151. The smallest absolute Gasteiger partial charge is 0.336 e. The van der Waals surface area contributed by atoms with E-state index in [2.05, 4.69) is 29.2 Å². The normalized spacial score (nSPS) is 11.9. The van der Waals surface area contributed by atoms with Crippen LogP contribution in [-0.4, -0.2) is 59.5 Å². The molecule has 0 bridgehead atoms. The highest BCUT2D eigenvalue weighted by Crippen LogP contribution is 2.27. The first kappa shape index (κ1) is 28.1. The second-order valence-electron chi connectivity index (χ2n) is 9.57. The van der Waals surface area contributed by atoms with Crippen LogP contribution in [0.3, 0.4) is 0 Å². The lowest BCUT2D eigenvalue weighted by molar-refractivity contribution is 0.0318. The molecule has 206 valence electrons. The van der Waals surface area contributed by atoms with Crippen molar-refractivity contribution in [3.05, 3.63) is 84.2 Å². The fourth-order valence-electron chi connectivity index (χ4n) is 3.89. The number of hydrogen-bond acceptors (Lipinski definition) is 7. The third-order valence-electron chi connectivity index (χ3n) is 5.88. The highest BCUT2D eigenvalue weighted by molar-refractivity contribution is 5.61. The number of benzene rings is 3. The van der Waals surface area contributed by atoms with Gasteiger partial charge in [0.15, 0.2) is 5.82 Å². The van der Waals surface area contributed by atoms with Crippen LogP contribution in [0.1, 0.15) is 19.4 Å². The molecule has 0 spiro atoms. The molecule has 2 N–H and O–H groups in total. The number of methoxy groups -OCH3 is 1. The predicted molar refractivity (Wildman–Crippen MR) is 149 cm³/mol. The summed E-state index contributed by atoms with van der Waals surface area (Å²) < 4.78 is 32.9. The van der Waals surface area contributed by atoms with E-state index >= 15 is 0 Å². The Hall–Kier alpha value is -3.95. The van der Waals surface area contributed by atoms with Crippen LogP contribution < -0.4 is 14.8 Å². The second kappa shape index (κ2) is 13.7. The molecule has 0 fully saturated rings. The van der Waals surface area contributed by atoms with Crippen molar-refractivity contribution < 1.29 is 23.7 Å². The van der Waals surface area contributed by atoms with Crippen molar-refractivity contribution in [2.24, 2.45) is 5.92 Å². The first-order chi connectivity index (χ1) is 18.9. The van der Waals surface area contributed by atoms with Gasteiger partial charge in [-0.15, -0.1) is 5.10 Å². The number of aliphatic hydroxyl groups excluding tert-OH is 1. The fraction of sp³-hybridized carbons (Fsp3) is 0.333. The van der Waals surface area contributed by atoms with E-state index in [1.54, 1.807) is 30.0 Å². The molecule has 0 aliphatic heterocycles. The molecule has 0 saturated heterocycles. The first-order valence-electron chi connectivity index (χ1n) is 13.0. The quantitative estimate of drug-likeness (QED) is 0.231. The Labute approximate surface area is 228 Å². The van der Waals surface area contributed by atoms with Crippen LogP contribution in [0.2, 0.25) is 0 Å². The Bertz CT molecular complexity index is 1330. The SMILES string of the molecule is COc1ccc(CCOc2nc(-c3ccccc3F)n(-c3cccc(NC[C@@H](O)COCC(C)C)c3)n2)cc1. The molecular formula is C30H35FN4O4. The van der Waals surface area contributed by atoms with Crippen LogP contribution in [0.15, 0.2) is 72.8 Å². The molecule has 0 radical (unpaired) electrons. The number of rotatable bonds is 14. The summed E-state index contributed by atoms with van der Waals surface area (Å²) in [7, 11) is 1.63. The summed E-state index contributed by atoms with van der Waals surface area (Å²) in [5.74, 6) is 1.12. The Morgan fingerprint density at radius 3 is 2.54 bits per heavy atom. The van der Waals surface area contributed by atoms with Gasteiger partial charge in [0.2, 0.25) is 0 Å². The zero-order chi connectivity index (χ0) is 27.6. The van der Waals surface area contributed by atoms with E-state index in [1.807, 2.05) is 48.5 Å². The van der Waals surface area contributed by atoms with E-state index in [9.17, 15) is 9.50 Å². The highest BCUT2D eigenvalue weighted by atomic mass is 19.1. The van der Waals surface area contributed by atoms with Crippen LogP contribution >= 0.6 is 0 Å². The summed E-state index contributed by atoms with van der Waals surface area (Å²) in [5, 5.41) is 18.0. The number of aromatic nitrogens is 3. The second-order valence-corrected chi connectivity index (χ2v) is 9.57. The molecule has 1 heterocycles. The summed E-state index contributed by atoms with van der Waals surface area (Å²) in [6.07, 6.45) is -0.00522. The van der Waals surface area contributed by atoms with Crippen LogP contribution in [0, 0.1) is 11.7 Å². The standard InChI is InChI=1S/C30H35FN4O4/c1-21(2)19-38-20-25(36)18-32-23-7-6-8-24(17-23)35-29(27-9-4-5-10-28(27)31)33-30(34-35)39-16-15-22-11-13-26(37-3)14-12-22/h4-14,17,21,25,32,36H,15-16,18-20H2,1-3H3/t25-/m1/s1. The molecule has 0 saturated carbocycles. The maximum absolute atomic E-state index is 14.8. The molecule has 39 heavy (non-hydrogen) atoms. The molecule has 3 aromatic carbocycles. The third-order valence-corrected chi connectivity index (χ3v) is 5.88. The lowest BCUT2D eigenvalue weighted by Gasteiger charge is -2.15. The lowest BCUT2D eigenvalue weighted by Crippen LogP contribution is -2.25. The van der Waals surface area contributed by atoms with Gasteiger partial charge in [-0.25, -0.2) is 9.07 Å². The Balaban J connectivity index is 1.49. The van der Waals surface area contributed by atoms with Gasteiger partial charge >= 0.3 is 6.01 Å². The molecule has 4 rings (SSSR count). The number of aliphatic hydroxyl groups is 1. The van der Waals surface area contributed by atoms with Crippen molar-refractivity contribution in [1.82, 2.24) is 14.8 Å². The highest BCUT2D eigenvalue weighted by Gasteiger charge is 2.18. The summed E-state index contributed by atoms with van der Waals surface area (Å²) >= 11 is 0. The number of ether oxygens (including phenoxy) is 3. The van der Waals surface area contributed by atoms with Gasteiger partial charge in [-0.05, 0) is 53.9 Å². The Morgan fingerprint density at radius 2 is 1.79 bits per heavy atom. The average Bonchev–Trinajstić information content (AvgIpc) is 3.36. The van der Waals surface area contributed by atoms with E-state index in [4.69, 9.17) is 14.2 Å². The molecule has 0 aliphatic carbocycles. The van der Waals surface area contributed by atoms with Crippen LogP contribution in [0.25, 0.3) is 17.1 Å². The van der Waals surface area contributed by atoms with Crippen molar-refractivity contribution in [1.29, 1.82) is 0 Å². The van der Waals surface area contributed by atoms with Gasteiger partial charge in [-0.2, -0.15) is 4.98 Å². The number of anilines is 1. The summed E-state index contributed by atoms with van der Waals surface area (Å²) in [6.45, 7) is 5.65. The minimum Gasteiger partial charge on any atom is -0.497 e. The van der Waals surface area contributed by atoms with Crippen molar-refractivity contribution in [2.45, 2.75) is 26.4 Å². The fourth-order valence-corrected chi connectivity index (χ4v) is 3.89. The van der Waals surface area contributed by atoms with Gasteiger partial charge in [-0.3, -0.25) is 0 Å². The number of halogens is 1. The van der Waals surface area contributed by atoms with Crippen molar-refractivity contribution in [3.63, 3.8) is 0 Å². The molecule has 0 amide bonds. The van der Waals surface area contributed by atoms with E-state index < -0.39 is 11.9 Å². The molecule has 0 unspecified atom stereocenters. The van der Waals surface area contributed by atoms with Gasteiger partial charge in [0, 0.05) is 25.3 Å². The van der Waals surface area contributed by atoms with E-state index in [0.717, 1.165) is 17.0 Å². The van der Waals surface area contributed by atoms with Crippen LogP contribution in [0.4, 0.5) is 10.1 Å². The lowest BCUT2D eigenvalue weighted by atomic mass is 10.1. The minimum atomic E-state index is -0.654. The van der Waals surface area contributed by atoms with Gasteiger partial charge in [0.1, 0.15) is 11.6 Å². The molecule has 1 aromatic heterocycles. The number of hydrogen-bond donors (Lipinski definition) is 2.